The summed E-state index contributed by atoms with van der Waals surface area (Å²) in [4.78, 5) is 11.8. The Balaban J connectivity index is 0.00000150. The fourth-order valence-corrected chi connectivity index (χ4v) is 4.52. The Morgan fingerprint density at radius 2 is 1.50 bits per heavy atom. The highest BCUT2D eigenvalue weighted by atomic mass is 35.5. The second-order valence-electron chi connectivity index (χ2n) is 9.62. The Kier molecular flexibility index (Phi) is 9.02. The molecule has 7 heteroatoms. The molecule has 2 N–H and O–H groups in total. The summed E-state index contributed by atoms with van der Waals surface area (Å²) in [5, 5.41) is 0. The topological polar surface area (TPSA) is 55.0 Å². The molecule has 30 heavy (non-hydrogen) atoms. The normalized spacial score (nSPS) is 19.6. The minimum Gasteiger partial charge on any atom is -0.355 e. The molecule has 0 atom stereocenters. The molecule has 1 aromatic heterocycles. The van der Waals surface area contributed by atoms with Gasteiger partial charge in [-0.1, -0.05) is 39.8 Å². The smallest absolute Gasteiger partial charge is 0.147 e. The van der Waals surface area contributed by atoms with Crippen molar-refractivity contribution in [3.8, 4) is 11.3 Å². The lowest BCUT2D eigenvalue weighted by molar-refractivity contribution is 0.332. The largest absolute Gasteiger partial charge is 0.355 e. The van der Waals surface area contributed by atoms with Crippen molar-refractivity contribution in [2.45, 2.75) is 70.3 Å². The maximum absolute atomic E-state index is 6.05. The number of rotatable bonds is 2. The standard InChI is InChI=1S/C23H32N4.3ClH/c1-22(2)9-10-23(3,4)19-13-16(5-6-18(19)22)20-14-25-15-21(26-20)27-11-7-17(24)8-12-27;;;/h5-6,13-15,17H,7-12,24H2,1-4H3;3*1H. The third-order valence-corrected chi connectivity index (χ3v) is 6.63. The van der Waals surface area contributed by atoms with Gasteiger partial charge in [-0.15, -0.1) is 37.2 Å². The molecule has 1 aliphatic heterocycles. The average Bonchev–Trinajstić information content (AvgIpc) is 2.66. The Morgan fingerprint density at radius 3 is 2.13 bits per heavy atom. The molecule has 1 aliphatic carbocycles. The summed E-state index contributed by atoms with van der Waals surface area (Å²) in [6.07, 6.45) is 8.27. The van der Waals surface area contributed by atoms with Crippen molar-refractivity contribution in [2.24, 2.45) is 5.73 Å². The van der Waals surface area contributed by atoms with Gasteiger partial charge in [-0.25, -0.2) is 4.98 Å². The second kappa shape index (κ2) is 10.0. The molecule has 1 aromatic carbocycles. The number of hydrogen-bond acceptors (Lipinski definition) is 4. The quantitative estimate of drug-likeness (QED) is 0.609. The number of benzene rings is 1. The van der Waals surface area contributed by atoms with E-state index in [1.54, 1.807) is 0 Å². The van der Waals surface area contributed by atoms with Gasteiger partial charge in [-0.3, -0.25) is 4.98 Å². The van der Waals surface area contributed by atoms with Gasteiger partial charge in [0.25, 0.3) is 0 Å². The molecule has 0 saturated carbocycles. The third-order valence-electron chi connectivity index (χ3n) is 6.63. The number of anilines is 1. The fourth-order valence-electron chi connectivity index (χ4n) is 4.52. The van der Waals surface area contributed by atoms with Gasteiger partial charge >= 0.3 is 0 Å². The maximum Gasteiger partial charge on any atom is 0.147 e. The van der Waals surface area contributed by atoms with E-state index in [1.807, 2.05) is 12.4 Å². The second-order valence-corrected chi connectivity index (χ2v) is 9.62. The van der Waals surface area contributed by atoms with Gasteiger partial charge in [-0.2, -0.15) is 0 Å². The van der Waals surface area contributed by atoms with E-state index in [0.29, 0.717) is 6.04 Å². The molecule has 2 aromatic rings. The molecule has 0 unspecified atom stereocenters. The summed E-state index contributed by atoms with van der Waals surface area (Å²) in [5.74, 6) is 0.969. The van der Waals surface area contributed by atoms with Gasteiger partial charge in [0.1, 0.15) is 5.82 Å². The van der Waals surface area contributed by atoms with Crippen LogP contribution in [-0.4, -0.2) is 29.1 Å². The first-order valence-corrected chi connectivity index (χ1v) is 10.2. The molecule has 1 saturated heterocycles. The summed E-state index contributed by atoms with van der Waals surface area (Å²) in [6, 6.07) is 7.22. The first kappa shape index (κ1) is 27.0. The third kappa shape index (κ3) is 5.21. The summed E-state index contributed by atoms with van der Waals surface area (Å²) in [7, 11) is 0. The molecule has 0 bridgehead atoms. The molecule has 0 spiro atoms. The lowest BCUT2D eigenvalue weighted by Gasteiger charge is -2.42. The van der Waals surface area contributed by atoms with E-state index in [1.165, 1.54) is 29.5 Å². The number of nitrogens with zero attached hydrogens (tertiary/aromatic N) is 3. The van der Waals surface area contributed by atoms with Gasteiger partial charge in [0.05, 0.1) is 18.1 Å². The van der Waals surface area contributed by atoms with Crippen LogP contribution in [0.5, 0.6) is 0 Å². The van der Waals surface area contributed by atoms with E-state index in [4.69, 9.17) is 10.7 Å². The maximum atomic E-state index is 6.05. The van der Waals surface area contributed by atoms with E-state index >= 15 is 0 Å². The van der Waals surface area contributed by atoms with Crippen LogP contribution < -0.4 is 10.6 Å². The van der Waals surface area contributed by atoms with Crippen LogP contribution in [0.4, 0.5) is 5.82 Å². The molecule has 0 radical (unpaired) electrons. The van der Waals surface area contributed by atoms with E-state index in [9.17, 15) is 0 Å². The van der Waals surface area contributed by atoms with Crippen LogP contribution in [-0.2, 0) is 10.8 Å². The van der Waals surface area contributed by atoms with Crippen molar-refractivity contribution in [3.63, 3.8) is 0 Å². The lowest BCUT2D eigenvalue weighted by Crippen LogP contribution is -2.40. The molecule has 0 amide bonds. The van der Waals surface area contributed by atoms with Crippen molar-refractivity contribution in [1.82, 2.24) is 9.97 Å². The van der Waals surface area contributed by atoms with Crippen molar-refractivity contribution >= 4 is 43.0 Å². The molecular weight excluding hydrogens is 439 g/mol. The lowest BCUT2D eigenvalue weighted by atomic mass is 9.63. The number of fused-ring (bicyclic) bond motifs is 1. The van der Waals surface area contributed by atoms with Gasteiger partial charge in [0.2, 0.25) is 0 Å². The molecule has 4 rings (SSSR count). The minimum absolute atomic E-state index is 0. The van der Waals surface area contributed by atoms with E-state index in [-0.39, 0.29) is 48.1 Å². The Labute approximate surface area is 199 Å². The van der Waals surface area contributed by atoms with Crippen LogP contribution in [0, 0.1) is 0 Å². The number of halogens is 3. The van der Waals surface area contributed by atoms with Crippen LogP contribution in [0.25, 0.3) is 11.3 Å². The molecule has 2 heterocycles. The summed E-state index contributed by atoms with van der Waals surface area (Å²) in [5.41, 5.74) is 11.6. The highest BCUT2D eigenvalue weighted by molar-refractivity contribution is 5.86. The minimum atomic E-state index is 0. The average molecular weight is 474 g/mol. The van der Waals surface area contributed by atoms with Crippen LogP contribution in [0.2, 0.25) is 0 Å². The summed E-state index contributed by atoms with van der Waals surface area (Å²) in [6.45, 7) is 11.4. The number of piperidine rings is 1. The Morgan fingerprint density at radius 1 is 0.900 bits per heavy atom. The van der Waals surface area contributed by atoms with Crippen molar-refractivity contribution in [2.75, 3.05) is 18.0 Å². The Hall–Kier alpha value is -1.07. The molecule has 168 valence electrons. The van der Waals surface area contributed by atoms with Crippen LogP contribution in [0.15, 0.2) is 30.6 Å². The van der Waals surface area contributed by atoms with Crippen molar-refractivity contribution in [3.05, 3.63) is 41.7 Å². The SMILES string of the molecule is CC1(C)CCC(C)(C)c2cc(-c3cncc(N4CCC(N)CC4)n3)ccc21.Cl.Cl.Cl. The zero-order valence-electron chi connectivity index (χ0n) is 18.4. The molecule has 2 aliphatic rings. The highest BCUT2D eigenvalue weighted by Gasteiger charge is 2.37. The monoisotopic (exact) mass is 472 g/mol. The Bertz CT molecular complexity index is 846. The summed E-state index contributed by atoms with van der Waals surface area (Å²) >= 11 is 0. The fraction of sp³-hybridized carbons (Fsp3) is 0.565. The molecule has 4 nitrogen and oxygen atoms in total. The molecule has 1 fully saturated rings. The van der Waals surface area contributed by atoms with E-state index in [2.05, 4.69) is 55.8 Å². The predicted octanol–water partition coefficient (Wildman–Crippen LogP) is 5.69. The first-order chi connectivity index (χ1) is 12.8. The van der Waals surface area contributed by atoms with E-state index in [0.717, 1.165) is 37.4 Å². The zero-order chi connectivity index (χ0) is 19.2. The molecular formula is C23H35Cl3N4. The summed E-state index contributed by atoms with van der Waals surface area (Å²) < 4.78 is 0. The highest BCUT2D eigenvalue weighted by Crippen LogP contribution is 2.46. The number of hydrogen-bond donors (Lipinski definition) is 1. The van der Waals surface area contributed by atoms with Gasteiger partial charge in [0.15, 0.2) is 0 Å². The van der Waals surface area contributed by atoms with Crippen molar-refractivity contribution in [1.29, 1.82) is 0 Å². The zero-order valence-corrected chi connectivity index (χ0v) is 20.8. The van der Waals surface area contributed by atoms with Gasteiger partial charge in [-0.05, 0) is 53.7 Å². The number of nitrogens with two attached hydrogens (primary N) is 1. The number of aromatic nitrogens is 2. The first-order valence-electron chi connectivity index (χ1n) is 10.2. The van der Waals surface area contributed by atoms with Gasteiger partial charge in [0, 0.05) is 24.7 Å². The van der Waals surface area contributed by atoms with Crippen LogP contribution in [0.3, 0.4) is 0 Å². The van der Waals surface area contributed by atoms with Crippen LogP contribution >= 0.6 is 37.2 Å². The van der Waals surface area contributed by atoms with Gasteiger partial charge < -0.3 is 10.6 Å². The predicted molar refractivity (Wildman–Crippen MR) is 134 cm³/mol. The van der Waals surface area contributed by atoms with E-state index < -0.39 is 0 Å². The van der Waals surface area contributed by atoms with Crippen molar-refractivity contribution < 1.29 is 0 Å². The van der Waals surface area contributed by atoms with Crippen LogP contribution in [0.1, 0.15) is 64.5 Å².